The van der Waals surface area contributed by atoms with Crippen LogP contribution in [0, 0.1) is 0 Å². The minimum Gasteiger partial charge on any atom is -0.361 e. The van der Waals surface area contributed by atoms with Crippen molar-refractivity contribution in [1.82, 2.24) is 15.0 Å². The third-order valence-corrected chi connectivity index (χ3v) is 10.2. The first kappa shape index (κ1) is 29.8. The highest BCUT2D eigenvalue weighted by atomic mass is 14.9. The first-order chi connectivity index (χ1) is 24.5. The third kappa shape index (κ3) is 5.24. The molecule has 0 spiro atoms. The van der Waals surface area contributed by atoms with Crippen molar-refractivity contribution in [1.29, 1.82) is 0 Å². The molecule has 0 aliphatic heterocycles. The number of benzene rings is 6. The molecule has 0 saturated heterocycles. The Balaban J connectivity index is 1.11. The molecule has 0 amide bonds. The Labute approximate surface area is 293 Å². The summed E-state index contributed by atoms with van der Waals surface area (Å²) in [5, 5.41) is 0. The van der Waals surface area contributed by atoms with E-state index < -0.39 is 0 Å². The molecule has 0 fully saturated rings. The zero-order valence-electron chi connectivity index (χ0n) is 28.1. The van der Waals surface area contributed by atoms with Gasteiger partial charge in [-0.15, -0.1) is 0 Å². The second-order valence-electron chi connectivity index (χ2n) is 13.6. The quantitative estimate of drug-likeness (QED) is 0.196. The summed E-state index contributed by atoms with van der Waals surface area (Å²) in [5.74, 6) is 0.712. The number of hydrogen-bond acceptors (Lipinski definition) is 2. The third-order valence-electron chi connectivity index (χ3n) is 10.2. The van der Waals surface area contributed by atoms with E-state index >= 15 is 0 Å². The molecule has 50 heavy (non-hydrogen) atoms. The zero-order valence-corrected chi connectivity index (χ0v) is 28.1. The fraction of sp³-hybridized carbons (Fsp3) is 0.0638. The summed E-state index contributed by atoms with van der Waals surface area (Å²) < 4.78 is 0. The molecule has 0 radical (unpaired) electrons. The molecule has 0 atom stereocenters. The van der Waals surface area contributed by atoms with E-state index in [2.05, 4.69) is 170 Å². The number of nitrogens with one attached hydrogen (secondary N) is 1. The molecule has 3 nitrogen and oxygen atoms in total. The molecule has 1 aliphatic carbocycles. The second kappa shape index (κ2) is 12.0. The van der Waals surface area contributed by atoms with Gasteiger partial charge in [-0.1, -0.05) is 153 Å². The van der Waals surface area contributed by atoms with Gasteiger partial charge in [0.25, 0.3) is 0 Å². The van der Waals surface area contributed by atoms with Crippen molar-refractivity contribution < 1.29 is 0 Å². The van der Waals surface area contributed by atoms with Crippen LogP contribution < -0.4 is 0 Å². The highest BCUT2D eigenvalue weighted by molar-refractivity contribution is 5.84. The van der Waals surface area contributed by atoms with Crippen molar-refractivity contribution in [3.63, 3.8) is 0 Å². The maximum atomic E-state index is 5.20. The number of rotatable bonds is 6. The molecular weight excluding hydrogens is 607 g/mol. The lowest BCUT2D eigenvalue weighted by Gasteiger charge is -2.22. The van der Waals surface area contributed by atoms with Crippen LogP contribution in [0.4, 0.5) is 0 Å². The molecule has 0 saturated carbocycles. The smallest absolute Gasteiger partial charge is 0.160 e. The number of fused-ring (bicyclic) bond motifs is 3. The fourth-order valence-electron chi connectivity index (χ4n) is 7.36. The minimum atomic E-state index is -0.0939. The summed E-state index contributed by atoms with van der Waals surface area (Å²) in [4.78, 5) is 13.7. The average molecular weight is 642 g/mol. The van der Waals surface area contributed by atoms with Crippen LogP contribution in [0.1, 0.15) is 25.0 Å². The van der Waals surface area contributed by atoms with Gasteiger partial charge in [-0.2, -0.15) is 0 Å². The second-order valence-corrected chi connectivity index (χ2v) is 13.6. The van der Waals surface area contributed by atoms with E-state index in [1.54, 1.807) is 0 Å². The predicted molar refractivity (Wildman–Crippen MR) is 207 cm³/mol. The first-order valence-corrected chi connectivity index (χ1v) is 17.2. The van der Waals surface area contributed by atoms with E-state index in [0.717, 1.165) is 33.8 Å². The fourth-order valence-corrected chi connectivity index (χ4v) is 7.36. The first-order valence-electron chi connectivity index (χ1n) is 17.2. The average Bonchev–Trinajstić information content (AvgIpc) is 3.80. The number of aromatic amines is 1. The molecule has 8 aromatic rings. The molecule has 2 heterocycles. The van der Waals surface area contributed by atoms with Crippen LogP contribution in [0.25, 0.3) is 78.5 Å². The van der Waals surface area contributed by atoms with Gasteiger partial charge in [-0.05, 0) is 74.3 Å². The molecule has 3 heteroatoms. The SMILES string of the molecule is CC1(C)c2ccccc2-c2ccc(-c3cc(-c4ccc(-c5ccc(-c6ccc[nH]6)cc5)cc4)nc(-c4ccc(-c5ccccc5)cc4)n3)cc21. The van der Waals surface area contributed by atoms with Crippen molar-refractivity contribution >= 4 is 0 Å². The van der Waals surface area contributed by atoms with Gasteiger partial charge in [0.1, 0.15) is 0 Å². The summed E-state index contributed by atoms with van der Waals surface area (Å²) in [6, 6.07) is 58.3. The van der Waals surface area contributed by atoms with Crippen molar-refractivity contribution in [2.45, 2.75) is 19.3 Å². The summed E-state index contributed by atoms with van der Waals surface area (Å²) in [6.07, 6.45) is 1.95. The Bertz CT molecular complexity index is 2460. The molecule has 6 aromatic carbocycles. The van der Waals surface area contributed by atoms with Crippen LogP contribution in [0.5, 0.6) is 0 Å². The molecule has 0 bridgehead atoms. The van der Waals surface area contributed by atoms with Crippen LogP contribution in [0.2, 0.25) is 0 Å². The lowest BCUT2D eigenvalue weighted by Crippen LogP contribution is -2.14. The maximum absolute atomic E-state index is 5.20. The Morgan fingerprint density at radius 3 is 1.58 bits per heavy atom. The molecule has 9 rings (SSSR count). The zero-order chi connectivity index (χ0) is 33.7. The van der Waals surface area contributed by atoms with Crippen LogP contribution in [0.3, 0.4) is 0 Å². The van der Waals surface area contributed by atoms with Gasteiger partial charge in [-0.25, -0.2) is 9.97 Å². The number of aromatic nitrogens is 3. The number of nitrogens with zero attached hydrogens (tertiary/aromatic N) is 2. The summed E-state index contributed by atoms with van der Waals surface area (Å²) in [5.41, 5.74) is 17.2. The van der Waals surface area contributed by atoms with Crippen LogP contribution in [-0.4, -0.2) is 15.0 Å². The monoisotopic (exact) mass is 641 g/mol. The van der Waals surface area contributed by atoms with Crippen molar-refractivity contribution in [3.8, 4) is 78.5 Å². The van der Waals surface area contributed by atoms with E-state index in [1.807, 2.05) is 18.3 Å². The van der Waals surface area contributed by atoms with E-state index in [-0.39, 0.29) is 5.41 Å². The van der Waals surface area contributed by atoms with E-state index in [1.165, 1.54) is 50.1 Å². The van der Waals surface area contributed by atoms with Crippen LogP contribution in [-0.2, 0) is 5.41 Å². The van der Waals surface area contributed by atoms with Crippen molar-refractivity contribution in [2.24, 2.45) is 0 Å². The molecule has 1 N–H and O–H groups in total. The molecule has 2 aromatic heterocycles. The predicted octanol–water partition coefficient (Wildman–Crippen LogP) is 12.1. The van der Waals surface area contributed by atoms with Crippen LogP contribution in [0.15, 0.2) is 170 Å². The Morgan fingerprint density at radius 2 is 0.920 bits per heavy atom. The van der Waals surface area contributed by atoms with Gasteiger partial charge < -0.3 is 4.98 Å². The highest BCUT2D eigenvalue weighted by Crippen LogP contribution is 2.49. The molecule has 0 unspecified atom stereocenters. The van der Waals surface area contributed by atoms with Gasteiger partial charge in [0.15, 0.2) is 5.82 Å². The van der Waals surface area contributed by atoms with Crippen molar-refractivity contribution in [3.05, 3.63) is 181 Å². The van der Waals surface area contributed by atoms with Gasteiger partial charge in [-0.3, -0.25) is 0 Å². The van der Waals surface area contributed by atoms with Gasteiger partial charge in [0.05, 0.1) is 11.4 Å². The number of H-pyrrole nitrogens is 1. The van der Waals surface area contributed by atoms with Gasteiger partial charge in [0, 0.05) is 34.0 Å². The standard InChI is InChI=1S/C47H35N3/c1-47(2)41-12-7-6-11-39(41)40-27-26-38(29-42(40)47)45-30-44(49-46(50-45)37-24-18-32(19-25-37)31-9-4-3-5-10-31)36-22-16-34(17-23-36)33-14-20-35(21-15-33)43-13-8-28-48-43/h3-30,48H,1-2H3. The van der Waals surface area contributed by atoms with Gasteiger partial charge in [0.2, 0.25) is 0 Å². The Kier molecular flexibility index (Phi) is 7.14. The normalized spacial score (nSPS) is 12.8. The summed E-state index contributed by atoms with van der Waals surface area (Å²) >= 11 is 0. The largest absolute Gasteiger partial charge is 0.361 e. The summed E-state index contributed by atoms with van der Waals surface area (Å²) in [7, 11) is 0. The molecule has 1 aliphatic rings. The minimum absolute atomic E-state index is 0.0939. The molecule has 238 valence electrons. The highest BCUT2D eigenvalue weighted by Gasteiger charge is 2.35. The maximum Gasteiger partial charge on any atom is 0.160 e. The summed E-state index contributed by atoms with van der Waals surface area (Å²) in [6.45, 7) is 4.64. The Morgan fingerprint density at radius 1 is 0.400 bits per heavy atom. The van der Waals surface area contributed by atoms with Gasteiger partial charge >= 0.3 is 0 Å². The lowest BCUT2D eigenvalue weighted by atomic mass is 9.82. The molecular formula is C47H35N3. The Hall–Kier alpha value is -6.32. The van der Waals surface area contributed by atoms with E-state index in [0.29, 0.717) is 5.82 Å². The lowest BCUT2D eigenvalue weighted by molar-refractivity contribution is 0.660. The van der Waals surface area contributed by atoms with Crippen molar-refractivity contribution in [2.75, 3.05) is 0 Å². The van der Waals surface area contributed by atoms with Crippen LogP contribution >= 0.6 is 0 Å². The number of hydrogen-bond donors (Lipinski definition) is 1. The van der Waals surface area contributed by atoms with E-state index in [4.69, 9.17) is 9.97 Å². The van der Waals surface area contributed by atoms with E-state index in [9.17, 15) is 0 Å². The topological polar surface area (TPSA) is 41.6 Å².